The summed E-state index contributed by atoms with van der Waals surface area (Å²) in [6, 6.07) is 26.3. The number of esters is 1. The number of ether oxygens (including phenoxy) is 2. The summed E-state index contributed by atoms with van der Waals surface area (Å²) in [6.45, 7) is 1.76. The first-order chi connectivity index (χ1) is 20.0. The first kappa shape index (κ1) is 26.2. The molecule has 0 saturated carbocycles. The molecule has 1 atom stereocenters. The molecule has 9 heteroatoms. The maximum Gasteiger partial charge on any atom is 0.338 e. The Morgan fingerprint density at radius 1 is 0.951 bits per heavy atom. The second-order valence-corrected chi connectivity index (χ2v) is 10.4. The van der Waals surface area contributed by atoms with E-state index in [1.165, 1.54) is 18.4 Å². The molecule has 1 aliphatic rings. The van der Waals surface area contributed by atoms with E-state index >= 15 is 0 Å². The van der Waals surface area contributed by atoms with Gasteiger partial charge in [-0.3, -0.25) is 9.36 Å². The summed E-state index contributed by atoms with van der Waals surface area (Å²) in [7, 11) is 2.92. The fraction of sp³-hybridized carbons (Fsp3) is 0.125. The number of aromatic nitrogens is 3. The largest absolute Gasteiger partial charge is 0.497 e. The molecular formula is C32H26N4O4S. The Bertz CT molecular complexity index is 1950. The zero-order valence-corrected chi connectivity index (χ0v) is 23.5. The smallest absolute Gasteiger partial charge is 0.338 e. The van der Waals surface area contributed by atoms with Crippen LogP contribution in [-0.2, 0) is 9.53 Å². The predicted octanol–water partition coefficient (Wildman–Crippen LogP) is 4.27. The van der Waals surface area contributed by atoms with Crippen LogP contribution in [0.5, 0.6) is 5.75 Å². The highest BCUT2D eigenvalue weighted by molar-refractivity contribution is 7.07. The maximum absolute atomic E-state index is 14.1. The summed E-state index contributed by atoms with van der Waals surface area (Å²) in [5.74, 6) is 0.141. The molecule has 41 heavy (non-hydrogen) atoms. The van der Waals surface area contributed by atoms with Gasteiger partial charge in [-0.2, -0.15) is 5.10 Å². The van der Waals surface area contributed by atoms with E-state index in [4.69, 9.17) is 14.6 Å². The lowest BCUT2D eigenvalue weighted by molar-refractivity contribution is -0.136. The van der Waals surface area contributed by atoms with Crippen molar-refractivity contribution in [2.45, 2.75) is 13.0 Å². The molecule has 0 saturated heterocycles. The fourth-order valence-corrected chi connectivity index (χ4v) is 6.00. The summed E-state index contributed by atoms with van der Waals surface area (Å²) in [4.78, 5) is 32.2. The van der Waals surface area contributed by atoms with Crippen molar-refractivity contribution in [3.8, 4) is 22.7 Å². The summed E-state index contributed by atoms with van der Waals surface area (Å²) < 4.78 is 14.3. The van der Waals surface area contributed by atoms with E-state index in [0.717, 1.165) is 28.1 Å². The van der Waals surface area contributed by atoms with E-state index in [0.29, 0.717) is 26.4 Å². The molecule has 1 aliphatic heterocycles. The van der Waals surface area contributed by atoms with E-state index < -0.39 is 12.0 Å². The van der Waals surface area contributed by atoms with Crippen molar-refractivity contribution < 1.29 is 14.3 Å². The van der Waals surface area contributed by atoms with Gasteiger partial charge in [0.05, 0.1) is 47.4 Å². The SMILES string of the molecule is COC(=O)C1=C(C)N=c2sc(=Cc3cn(-c4ccccc4)nc3-c3ccccc3)c(=O)n2[C@H]1c1ccc(OC)cc1. The molecule has 0 amide bonds. The van der Waals surface area contributed by atoms with Crippen LogP contribution in [0.4, 0.5) is 0 Å². The van der Waals surface area contributed by atoms with Crippen molar-refractivity contribution in [2.75, 3.05) is 14.2 Å². The molecular weight excluding hydrogens is 536 g/mol. The zero-order valence-electron chi connectivity index (χ0n) is 22.6. The van der Waals surface area contributed by atoms with Gasteiger partial charge < -0.3 is 9.47 Å². The Morgan fingerprint density at radius 3 is 2.29 bits per heavy atom. The molecule has 0 N–H and O–H groups in total. The lowest BCUT2D eigenvalue weighted by atomic mass is 9.96. The molecule has 0 aliphatic carbocycles. The second kappa shape index (κ2) is 10.9. The number of carbonyl (C=O) groups excluding carboxylic acids is 1. The molecule has 6 rings (SSSR count). The number of hydrogen-bond acceptors (Lipinski definition) is 7. The molecule has 0 bridgehead atoms. The van der Waals surface area contributed by atoms with Crippen LogP contribution in [-0.4, -0.2) is 34.5 Å². The molecule has 0 fully saturated rings. The quantitative estimate of drug-likeness (QED) is 0.289. The molecule has 0 spiro atoms. The topological polar surface area (TPSA) is 87.7 Å². The van der Waals surface area contributed by atoms with Gasteiger partial charge in [-0.1, -0.05) is 72.0 Å². The van der Waals surface area contributed by atoms with Crippen LogP contribution in [0, 0.1) is 0 Å². The number of nitrogens with zero attached hydrogens (tertiary/aromatic N) is 4. The number of para-hydroxylation sites is 1. The highest BCUT2D eigenvalue weighted by Crippen LogP contribution is 2.31. The summed E-state index contributed by atoms with van der Waals surface area (Å²) in [5.41, 5.74) is 4.69. The van der Waals surface area contributed by atoms with Crippen molar-refractivity contribution >= 4 is 23.4 Å². The first-order valence-electron chi connectivity index (χ1n) is 12.9. The Morgan fingerprint density at radius 2 is 1.63 bits per heavy atom. The number of rotatable bonds is 6. The van der Waals surface area contributed by atoms with Gasteiger partial charge in [0.15, 0.2) is 4.80 Å². The third kappa shape index (κ3) is 4.81. The van der Waals surface area contributed by atoms with Crippen LogP contribution >= 0.6 is 11.3 Å². The fourth-order valence-electron chi connectivity index (χ4n) is 4.96. The Kier molecular flexibility index (Phi) is 6.94. The van der Waals surface area contributed by atoms with Gasteiger partial charge in [-0.15, -0.1) is 0 Å². The van der Waals surface area contributed by atoms with E-state index in [1.54, 1.807) is 30.7 Å². The standard InChI is InChI=1S/C32H26N4O4S/c1-20-27(31(38)40-3)29(22-14-16-25(39-2)17-15-22)36-30(37)26(41-32(36)33-20)18-23-19-35(24-12-8-5-9-13-24)34-28(23)21-10-6-4-7-11-21/h4-19,29H,1-3H3/t29-/m0/s1. The third-order valence-corrected chi connectivity index (χ3v) is 7.94. The Labute approximate surface area is 239 Å². The number of thiazole rings is 1. The normalized spacial score (nSPS) is 14.9. The van der Waals surface area contributed by atoms with Gasteiger partial charge in [0.1, 0.15) is 5.75 Å². The van der Waals surface area contributed by atoms with Crippen LogP contribution < -0.4 is 19.6 Å². The van der Waals surface area contributed by atoms with Crippen molar-refractivity contribution in [1.29, 1.82) is 0 Å². The van der Waals surface area contributed by atoms with Gasteiger partial charge in [-0.05, 0) is 42.8 Å². The number of fused-ring (bicyclic) bond motifs is 1. The molecule has 2 aromatic heterocycles. The van der Waals surface area contributed by atoms with E-state index in [9.17, 15) is 9.59 Å². The summed E-state index contributed by atoms with van der Waals surface area (Å²) >= 11 is 1.28. The van der Waals surface area contributed by atoms with Gasteiger partial charge >= 0.3 is 5.97 Å². The second-order valence-electron chi connectivity index (χ2n) is 9.43. The number of hydrogen-bond donors (Lipinski definition) is 0. The molecule has 3 aromatic carbocycles. The molecule has 8 nitrogen and oxygen atoms in total. The lowest BCUT2D eigenvalue weighted by Crippen LogP contribution is -2.39. The summed E-state index contributed by atoms with van der Waals surface area (Å²) in [5, 5.41) is 4.87. The van der Waals surface area contributed by atoms with Crippen LogP contribution in [0.15, 0.2) is 112 Å². The van der Waals surface area contributed by atoms with Crippen LogP contribution in [0.1, 0.15) is 24.1 Å². The van der Waals surface area contributed by atoms with Crippen LogP contribution in [0.25, 0.3) is 23.0 Å². The molecule has 204 valence electrons. The Balaban J connectivity index is 1.56. The van der Waals surface area contributed by atoms with Gasteiger partial charge in [-0.25, -0.2) is 14.5 Å². The van der Waals surface area contributed by atoms with Crippen molar-refractivity contribution in [3.05, 3.63) is 133 Å². The molecule has 3 heterocycles. The van der Waals surface area contributed by atoms with E-state index in [2.05, 4.69) is 4.99 Å². The maximum atomic E-state index is 14.1. The van der Waals surface area contributed by atoms with Gasteiger partial charge in [0, 0.05) is 17.3 Å². The van der Waals surface area contributed by atoms with E-state index in [-0.39, 0.29) is 5.56 Å². The number of allylic oxidation sites excluding steroid dienone is 1. The monoisotopic (exact) mass is 562 g/mol. The lowest BCUT2D eigenvalue weighted by Gasteiger charge is -2.24. The highest BCUT2D eigenvalue weighted by Gasteiger charge is 2.33. The van der Waals surface area contributed by atoms with Gasteiger partial charge in [0.2, 0.25) is 0 Å². The minimum atomic E-state index is -0.701. The predicted molar refractivity (Wildman–Crippen MR) is 158 cm³/mol. The minimum absolute atomic E-state index is 0.255. The molecule has 0 unspecified atom stereocenters. The minimum Gasteiger partial charge on any atom is -0.497 e. The average molecular weight is 563 g/mol. The highest BCUT2D eigenvalue weighted by atomic mass is 32.1. The zero-order chi connectivity index (χ0) is 28.5. The van der Waals surface area contributed by atoms with Crippen molar-refractivity contribution in [3.63, 3.8) is 0 Å². The van der Waals surface area contributed by atoms with Gasteiger partial charge in [0.25, 0.3) is 5.56 Å². The van der Waals surface area contributed by atoms with Crippen molar-refractivity contribution in [1.82, 2.24) is 14.3 Å². The number of carbonyl (C=O) groups is 1. The number of methoxy groups -OCH3 is 2. The first-order valence-corrected chi connectivity index (χ1v) is 13.8. The average Bonchev–Trinajstić information content (AvgIpc) is 3.57. The molecule has 0 radical (unpaired) electrons. The van der Waals surface area contributed by atoms with Crippen LogP contribution in [0.3, 0.4) is 0 Å². The Hall–Kier alpha value is -5.02. The third-order valence-electron chi connectivity index (χ3n) is 6.96. The van der Waals surface area contributed by atoms with Crippen LogP contribution in [0.2, 0.25) is 0 Å². The number of benzene rings is 3. The summed E-state index contributed by atoms with van der Waals surface area (Å²) in [6.07, 6.45) is 3.77. The molecule has 5 aromatic rings. The van der Waals surface area contributed by atoms with E-state index in [1.807, 2.05) is 89.8 Å². The van der Waals surface area contributed by atoms with Crippen molar-refractivity contribution in [2.24, 2.45) is 4.99 Å².